The Balaban J connectivity index is 2.26. The van der Waals surface area contributed by atoms with Crippen LogP contribution in [0.25, 0.3) is 11.0 Å². The van der Waals surface area contributed by atoms with Crippen LogP contribution >= 0.6 is 0 Å². The molecular weight excluding hydrogens is 190 g/mol. The number of hydrogen-bond acceptors (Lipinski definition) is 4. The minimum atomic E-state index is 0.149. The summed E-state index contributed by atoms with van der Waals surface area (Å²) in [5.74, 6) is 0. The molecular formula is C11H13N3O. The van der Waals surface area contributed by atoms with E-state index in [0.29, 0.717) is 13.1 Å². The minimum Gasteiger partial charge on any atom is -0.395 e. The van der Waals surface area contributed by atoms with Crippen molar-refractivity contribution in [3.63, 3.8) is 0 Å². The van der Waals surface area contributed by atoms with Crippen LogP contribution in [0, 0.1) is 0 Å². The molecule has 78 valence electrons. The molecule has 0 amide bonds. The van der Waals surface area contributed by atoms with E-state index < -0.39 is 0 Å². The third-order valence-electron chi connectivity index (χ3n) is 2.19. The maximum absolute atomic E-state index is 8.67. The first kappa shape index (κ1) is 10.0. The Labute approximate surface area is 88.0 Å². The number of para-hydroxylation sites is 1. The Kier molecular flexibility index (Phi) is 3.22. The Morgan fingerprint density at radius 1 is 1.20 bits per heavy atom. The predicted molar refractivity (Wildman–Crippen MR) is 58.3 cm³/mol. The van der Waals surface area contributed by atoms with Crippen LogP contribution in [0.15, 0.2) is 30.6 Å². The summed E-state index contributed by atoms with van der Waals surface area (Å²) in [6.07, 6.45) is 3.38. The third kappa shape index (κ3) is 2.29. The number of nitrogens with zero attached hydrogens (tertiary/aromatic N) is 2. The van der Waals surface area contributed by atoms with Crippen LogP contribution in [0.1, 0.15) is 5.56 Å². The molecule has 15 heavy (non-hydrogen) atoms. The van der Waals surface area contributed by atoms with Crippen molar-refractivity contribution in [2.45, 2.75) is 6.54 Å². The van der Waals surface area contributed by atoms with E-state index in [9.17, 15) is 0 Å². The highest BCUT2D eigenvalue weighted by Crippen LogP contribution is 2.12. The zero-order valence-electron chi connectivity index (χ0n) is 8.35. The molecule has 0 aliphatic heterocycles. The molecule has 2 rings (SSSR count). The second-order valence-electron chi connectivity index (χ2n) is 3.24. The molecule has 0 saturated heterocycles. The summed E-state index contributed by atoms with van der Waals surface area (Å²) in [6.45, 7) is 1.45. The van der Waals surface area contributed by atoms with Crippen molar-refractivity contribution in [3.8, 4) is 0 Å². The van der Waals surface area contributed by atoms with Crippen molar-refractivity contribution in [2.24, 2.45) is 0 Å². The van der Waals surface area contributed by atoms with Crippen molar-refractivity contribution < 1.29 is 5.11 Å². The fraction of sp³-hybridized carbons (Fsp3) is 0.273. The number of benzene rings is 1. The van der Waals surface area contributed by atoms with E-state index in [4.69, 9.17) is 5.11 Å². The van der Waals surface area contributed by atoms with E-state index in [1.54, 1.807) is 12.4 Å². The maximum atomic E-state index is 8.67. The van der Waals surface area contributed by atoms with Crippen LogP contribution < -0.4 is 5.32 Å². The molecule has 0 unspecified atom stereocenters. The summed E-state index contributed by atoms with van der Waals surface area (Å²) < 4.78 is 0. The highest BCUT2D eigenvalue weighted by molar-refractivity contribution is 5.77. The highest BCUT2D eigenvalue weighted by Gasteiger charge is 2.01. The Morgan fingerprint density at radius 3 is 2.93 bits per heavy atom. The van der Waals surface area contributed by atoms with Gasteiger partial charge in [0.1, 0.15) is 0 Å². The topological polar surface area (TPSA) is 58.0 Å². The van der Waals surface area contributed by atoms with Crippen molar-refractivity contribution in [1.29, 1.82) is 0 Å². The monoisotopic (exact) mass is 203 g/mol. The van der Waals surface area contributed by atoms with Crippen LogP contribution in [-0.2, 0) is 6.54 Å². The summed E-state index contributed by atoms with van der Waals surface area (Å²) >= 11 is 0. The van der Waals surface area contributed by atoms with Gasteiger partial charge in [0.25, 0.3) is 0 Å². The molecule has 0 radical (unpaired) electrons. The Hall–Kier alpha value is -1.52. The smallest absolute Gasteiger partial charge is 0.0931 e. The van der Waals surface area contributed by atoms with E-state index in [0.717, 1.165) is 16.6 Å². The Bertz CT molecular complexity index is 439. The van der Waals surface area contributed by atoms with Gasteiger partial charge in [0.2, 0.25) is 0 Å². The zero-order chi connectivity index (χ0) is 10.5. The fourth-order valence-corrected chi connectivity index (χ4v) is 1.50. The van der Waals surface area contributed by atoms with Gasteiger partial charge in [-0.2, -0.15) is 0 Å². The zero-order valence-corrected chi connectivity index (χ0v) is 8.35. The van der Waals surface area contributed by atoms with Gasteiger partial charge in [-0.25, -0.2) is 0 Å². The van der Waals surface area contributed by atoms with Crippen LogP contribution in [-0.4, -0.2) is 28.2 Å². The van der Waals surface area contributed by atoms with E-state index in [2.05, 4.69) is 15.3 Å². The van der Waals surface area contributed by atoms with E-state index in [1.807, 2.05) is 18.2 Å². The molecule has 4 nitrogen and oxygen atoms in total. The van der Waals surface area contributed by atoms with Crippen LogP contribution in [0.2, 0.25) is 0 Å². The molecule has 0 fully saturated rings. The minimum absolute atomic E-state index is 0.149. The first-order valence-electron chi connectivity index (χ1n) is 4.92. The summed E-state index contributed by atoms with van der Waals surface area (Å²) in [6, 6.07) is 5.92. The predicted octanol–water partition coefficient (Wildman–Crippen LogP) is 0.712. The number of aliphatic hydroxyl groups is 1. The van der Waals surface area contributed by atoms with Gasteiger partial charge in [0, 0.05) is 25.5 Å². The normalized spacial score (nSPS) is 10.7. The van der Waals surface area contributed by atoms with Gasteiger partial charge < -0.3 is 10.4 Å². The van der Waals surface area contributed by atoms with Crippen molar-refractivity contribution in [2.75, 3.05) is 13.2 Å². The Morgan fingerprint density at radius 2 is 2.07 bits per heavy atom. The van der Waals surface area contributed by atoms with E-state index >= 15 is 0 Å². The van der Waals surface area contributed by atoms with Crippen LogP contribution in [0.4, 0.5) is 0 Å². The number of aliphatic hydroxyl groups excluding tert-OH is 1. The van der Waals surface area contributed by atoms with Gasteiger partial charge in [-0.05, 0) is 11.6 Å². The second kappa shape index (κ2) is 4.82. The maximum Gasteiger partial charge on any atom is 0.0931 e. The first-order chi connectivity index (χ1) is 7.42. The average molecular weight is 203 g/mol. The van der Waals surface area contributed by atoms with Gasteiger partial charge in [0.05, 0.1) is 17.6 Å². The molecule has 0 bridgehead atoms. The van der Waals surface area contributed by atoms with Crippen LogP contribution in [0.5, 0.6) is 0 Å². The van der Waals surface area contributed by atoms with Gasteiger partial charge >= 0.3 is 0 Å². The molecule has 1 heterocycles. The number of nitrogens with one attached hydrogen (secondary N) is 1. The highest BCUT2D eigenvalue weighted by atomic mass is 16.3. The van der Waals surface area contributed by atoms with Gasteiger partial charge in [-0.1, -0.05) is 12.1 Å². The van der Waals surface area contributed by atoms with E-state index in [1.165, 1.54) is 0 Å². The lowest BCUT2D eigenvalue weighted by Gasteiger charge is -2.05. The molecule has 2 aromatic rings. The lowest BCUT2D eigenvalue weighted by Crippen LogP contribution is -2.17. The molecule has 1 aromatic carbocycles. The molecule has 0 aliphatic rings. The van der Waals surface area contributed by atoms with Gasteiger partial charge in [-0.15, -0.1) is 0 Å². The fourth-order valence-electron chi connectivity index (χ4n) is 1.50. The quantitative estimate of drug-likeness (QED) is 0.719. The molecule has 0 saturated carbocycles. The van der Waals surface area contributed by atoms with Crippen LogP contribution in [0.3, 0.4) is 0 Å². The van der Waals surface area contributed by atoms with E-state index in [-0.39, 0.29) is 6.61 Å². The van der Waals surface area contributed by atoms with Gasteiger partial charge in [0.15, 0.2) is 0 Å². The third-order valence-corrected chi connectivity index (χ3v) is 2.19. The average Bonchev–Trinajstić information content (AvgIpc) is 2.30. The standard InChI is InChI=1S/C11H13N3O/c15-7-6-12-8-9-2-1-3-10-11(9)14-5-4-13-10/h1-5,12,15H,6-8H2. The number of rotatable bonds is 4. The molecule has 4 heteroatoms. The van der Waals surface area contributed by atoms with Crippen molar-refractivity contribution >= 4 is 11.0 Å². The second-order valence-corrected chi connectivity index (χ2v) is 3.24. The van der Waals surface area contributed by atoms with Gasteiger partial charge in [-0.3, -0.25) is 9.97 Å². The summed E-state index contributed by atoms with van der Waals surface area (Å²) in [5.41, 5.74) is 2.93. The van der Waals surface area contributed by atoms with Crippen molar-refractivity contribution in [3.05, 3.63) is 36.2 Å². The molecule has 0 aliphatic carbocycles. The lowest BCUT2D eigenvalue weighted by atomic mass is 10.2. The number of aromatic nitrogens is 2. The first-order valence-corrected chi connectivity index (χ1v) is 4.92. The number of fused-ring (bicyclic) bond motifs is 1. The summed E-state index contributed by atoms with van der Waals surface area (Å²) in [4.78, 5) is 8.53. The molecule has 0 spiro atoms. The molecule has 0 atom stereocenters. The lowest BCUT2D eigenvalue weighted by molar-refractivity contribution is 0.292. The van der Waals surface area contributed by atoms with Crippen molar-refractivity contribution in [1.82, 2.24) is 15.3 Å². The summed E-state index contributed by atoms with van der Waals surface area (Å²) in [5, 5.41) is 11.8. The SMILES string of the molecule is OCCNCc1cccc2nccnc12. The molecule has 1 aromatic heterocycles. The summed E-state index contributed by atoms with van der Waals surface area (Å²) in [7, 11) is 0. The molecule has 2 N–H and O–H groups in total. The largest absolute Gasteiger partial charge is 0.395 e. The number of hydrogen-bond donors (Lipinski definition) is 2.